The van der Waals surface area contributed by atoms with Crippen LogP contribution in [0.2, 0.25) is 0 Å². The number of nitrogens with one attached hydrogen (secondary N) is 1. The quantitative estimate of drug-likeness (QED) is 0.672. The molecule has 0 aromatic carbocycles. The van der Waals surface area contributed by atoms with E-state index >= 15 is 0 Å². The van der Waals surface area contributed by atoms with Crippen LogP contribution in [0.4, 0.5) is 5.82 Å². The first-order valence-electron chi connectivity index (χ1n) is 7.22. The highest BCUT2D eigenvalue weighted by Gasteiger charge is 2.11. The van der Waals surface area contributed by atoms with Crippen molar-refractivity contribution in [2.75, 3.05) is 24.6 Å². The van der Waals surface area contributed by atoms with Crippen LogP contribution in [0, 0.1) is 0 Å². The first kappa shape index (κ1) is 15.9. The Bertz CT molecular complexity index is 338. The van der Waals surface area contributed by atoms with Gasteiger partial charge in [-0.05, 0) is 44.9 Å². The van der Waals surface area contributed by atoms with E-state index in [-0.39, 0.29) is 6.61 Å². The first-order valence-corrected chi connectivity index (χ1v) is 7.22. The van der Waals surface area contributed by atoms with Gasteiger partial charge in [-0.3, -0.25) is 0 Å². The third-order valence-electron chi connectivity index (χ3n) is 3.04. The minimum absolute atomic E-state index is 0.224. The van der Waals surface area contributed by atoms with Crippen LogP contribution in [0.25, 0.3) is 0 Å². The maximum absolute atomic E-state index is 8.95. The van der Waals surface area contributed by atoms with Crippen LogP contribution in [0.1, 0.15) is 39.2 Å². The van der Waals surface area contributed by atoms with Crippen molar-refractivity contribution in [3.63, 3.8) is 0 Å². The SMILES string of the molecule is CCCNCc1ccc(N(CCCO)C(C)C)nc1. The number of pyridine rings is 1. The number of aliphatic hydroxyl groups is 1. The molecule has 0 aliphatic heterocycles. The van der Waals surface area contributed by atoms with E-state index in [9.17, 15) is 0 Å². The van der Waals surface area contributed by atoms with Crippen molar-refractivity contribution in [2.45, 2.75) is 46.2 Å². The van der Waals surface area contributed by atoms with Crippen LogP contribution in [0.3, 0.4) is 0 Å². The summed E-state index contributed by atoms with van der Waals surface area (Å²) in [5, 5.41) is 12.3. The molecule has 1 heterocycles. The molecular formula is C15H27N3O. The summed E-state index contributed by atoms with van der Waals surface area (Å²) >= 11 is 0. The predicted octanol–water partition coefficient (Wildman–Crippen LogP) is 2.18. The van der Waals surface area contributed by atoms with E-state index < -0.39 is 0 Å². The summed E-state index contributed by atoms with van der Waals surface area (Å²) < 4.78 is 0. The maximum atomic E-state index is 8.95. The van der Waals surface area contributed by atoms with Crippen LogP contribution in [0.15, 0.2) is 18.3 Å². The Labute approximate surface area is 116 Å². The molecule has 0 saturated carbocycles. The number of hydrogen-bond donors (Lipinski definition) is 2. The van der Waals surface area contributed by atoms with Crippen LogP contribution >= 0.6 is 0 Å². The average molecular weight is 265 g/mol. The van der Waals surface area contributed by atoms with Crippen molar-refractivity contribution in [1.29, 1.82) is 0 Å². The van der Waals surface area contributed by atoms with Gasteiger partial charge in [-0.15, -0.1) is 0 Å². The molecule has 1 aromatic heterocycles. The number of rotatable bonds is 9. The molecule has 0 fully saturated rings. The molecule has 108 valence electrons. The molecule has 0 aliphatic carbocycles. The molecule has 19 heavy (non-hydrogen) atoms. The monoisotopic (exact) mass is 265 g/mol. The van der Waals surface area contributed by atoms with Gasteiger partial charge in [-0.25, -0.2) is 4.98 Å². The zero-order valence-corrected chi connectivity index (χ0v) is 12.4. The van der Waals surface area contributed by atoms with Gasteiger partial charge >= 0.3 is 0 Å². The van der Waals surface area contributed by atoms with Gasteiger partial charge in [0.25, 0.3) is 0 Å². The van der Waals surface area contributed by atoms with E-state index in [0.29, 0.717) is 6.04 Å². The fourth-order valence-electron chi connectivity index (χ4n) is 1.98. The zero-order valence-electron chi connectivity index (χ0n) is 12.4. The highest BCUT2D eigenvalue weighted by molar-refractivity contribution is 5.40. The third kappa shape index (κ3) is 5.57. The second-order valence-corrected chi connectivity index (χ2v) is 5.07. The van der Waals surface area contributed by atoms with Crippen molar-refractivity contribution in [2.24, 2.45) is 0 Å². The van der Waals surface area contributed by atoms with E-state index in [1.54, 1.807) is 0 Å². The lowest BCUT2D eigenvalue weighted by molar-refractivity contribution is 0.288. The van der Waals surface area contributed by atoms with E-state index in [4.69, 9.17) is 5.11 Å². The van der Waals surface area contributed by atoms with Crippen molar-refractivity contribution < 1.29 is 5.11 Å². The number of hydrogen-bond acceptors (Lipinski definition) is 4. The Hall–Kier alpha value is -1.13. The standard InChI is InChI=1S/C15H27N3O/c1-4-8-16-11-14-6-7-15(17-12-14)18(13(2)3)9-5-10-19/h6-7,12-13,16,19H,4-5,8-11H2,1-3H3. The smallest absolute Gasteiger partial charge is 0.128 e. The Balaban J connectivity index is 2.61. The van der Waals surface area contributed by atoms with Crippen molar-refractivity contribution in [1.82, 2.24) is 10.3 Å². The van der Waals surface area contributed by atoms with Gasteiger partial charge < -0.3 is 15.3 Å². The van der Waals surface area contributed by atoms with Gasteiger partial charge in [-0.2, -0.15) is 0 Å². The van der Waals surface area contributed by atoms with Gasteiger partial charge in [0.15, 0.2) is 0 Å². The second kappa shape index (κ2) is 8.88. The van der Waals surface area contributed by atoms with Gasteiger partial charge in [0.1, 0.15) is 5.82 Å². The molecule has 1 aromatic rings. The Kier molecular flexibility index (Phi) is 7.45. The van der Waals surface area contributed by atoms with Crippen molar-refractivity contribution >= 4 is 5.82 Å². The second-order valence-electron chi connectivity index (χ2n) is 5.07. The zero-order chi connectivity index (χ0) is 14.1. The lowest BCUT2D eigenvalue weighted by Crippen LogP contribution is -2.32. The lowest BCUT2D eigenvalue weighted by atomic mass is 10.2. The van der Waals surface area contributed by atoms with E-state index in [1.807, 2.05) is 6.20 Å². The van der Waals surface area contributed by atoms with Gasteiger partial charge in [-0.1, -0.05) is 13.0 Å². The van der Waals surface area contributed by atoms with E-state index in [2.05, 4.69) is 48.1 Å². The van der Waals surface area contributed by atoms with Crippen molar-refractivity contribution in [3.8, 4) is 0 Å². The van der Waals surface area contributed by atoms with Crippen LogP contribution in [-0.2, 0) is 6.54 Å². The molecule has 0 atom stereocenters. The predicted molar refractivity (Wildman–Crippen MR) is 80.4 cm³/mol. The Morgan fingerprint density at radius 1 is 1.37 bits per heavy atom. The first-order chi connectivity index (χ1) is 9.19. The summed E-state index contributed by atoms with van der Waals surface area (Å²) in [4.78, 5) is 6.76. The Morgan fingerprint density at radius 3 is 2.68 bits per heavy atom. The molecule has 0 aliphatic rings. The highest BCUT2D eigenvalue weighted by Crippen LogP contribution is 2.15. The number of anilines is 1. The van der Waals surface area contributed by atoms with Gasteiger partial charge in [0, 0.05) is 31.9 Å². The topological polar surface area (TPSA) is 48.4 Å². The molecular weight excluding hydrogens is 238 g/mol. The lowest BCUT2D eigenvalue weighted by Gasteiger charge is -2.27. The van der Waals surface area contributed by atoms with Crippen molar-refractivity contribution in [3.05, 3.63) is 23.9 Å². The molecule has 0 saturated heterocycles. The fourth-order valence-corrected chi connectivity index (χ4v) is 1.98. The summed E-state index contributed by atoms with van der Waals surface area (Å²) in [7, 11) is 0. The summed E-state index contributed by atoms with van der Waals surface area (Å²) in [6.07, 6.45) is 3.86. The average Bonchev–Trinajstić information content (AvgIpc) is 2.41. The summed E-state index contributed by atoms with van der Waals surface area (Å²) in [6.45, 7) is 9.44. The van der Waals surface area contributed by atoms with Gasteiger partial charge in [0.2, 0.25) is 0 Å². The third-order valence-corrected chi connectivity index (χ3v) is 3.04. The van der Waals surface area contributed by atoms with Crippen LogP contribution < -0.4 is 10.2 Å². The molecule has 2 N–H and O–H groups in total. The minimum atomic E-state index is 0.224. The molecule has 4 nitrogen and oxygen atoms in total. The number of nitrogens with zero attached hydrogens (tertiary/aromatic N) is 2. The minimum Gasteiger partial charge on any atom is -0.396 e. The van der Waals surface area contributed by atoms with Crippen LogP contribution in [-0.4, -0.2) is 35.8 Å². The van der Waals surface area contributed by atoms with Crippen LogP contribution in [0.5, 0.6) is 0 Å². The molecule has 0 spiro atoms. The fraction of sp³-hybridized carbons (Fsp3) is 0.667. The number of aromatic nitrogens is 1. The summed E-state index contributed by atoms with van der Waals surface area (Å²) in [6, 6.07) is 4.59. The largest absolute Gasteiger partial charge is 0.396 e. The summed E-state index contributed by atoms with van der Waals surface area (Å²) in [5.74, 6) is 0.989. The molecule has 0 bridgehead atoms. The number of aliphatic hydroxyl groups excluding tert-OH is 1. The van der Waals surface area contributed by atoms with E-state index in [0.717, 1.165) is 38.3 Å². The Morgan fingerprint density at radius 2 is 2.16 bits per heavy atom. The molecule has 4 heteroatoms. The van der Waals surface area contributed by atoms with E-state index in [1.165, 1.54) is 5.56 Å². The molecule has 0 amide bonds. The maximum Gasteiger partial charge on any atom is 0.128 e. The highest BCUT2D eigenvalue weighted by atomic mass is 16.3. The molecule has 1 rings (SSSR count). The summed E-state index contributed by atoms with van der Waals surface area (Å²) in [5.41, 5.74) is 1.21. The molecule has 0 radical (unpaired) electrons. The van der Waals surface area contributed by atoms with Gasteiger partial charge in [0.05, 0.1) is 0 Å². The normalized spacial score (nSPS) is 11.0. The molecule has 0 unspecified atom stereocenters.